The molecule has 1 amide bonds. The van der Waals surface area contributed by atoms with Crippen molar-refractivity contribution < 1.29 is 26.7 Å². The molecular formula is C11H16ClN2O3-. The molecule has 17 heavy (non-hydrogen) atoms. The van der Waals surface area contributed by atoms with Crippen LogP contribution in [0.3, 0.4) is 0 Å². The Bertz CT molecular complexity index is 349. The van der Waals surface area contributed by atoms with Crippen molar-refractivity contribution in [3.63, 3.8) is 0 Å². The van der Waals surface area contributed by atoms with Gasteiger partial charge in [0.15, 0.2) is 0 Å². The van der Waals surface area contributed by atoms with Crippen molar-refractivity contribution in [2.75, 3.05) is 20.8 Å². The molecular weight excluding hydrogens is 244 g/mol. The normalized spacial score (nSPS) is 9.12. The topological polar surface area (TPSA) is 73.6 Å². The van der Waals surface area contributed by atoms with Crippen LogP contribution in [0.2, 0.25) is 0 Å². The number of carbonyl (C=O) groups is 1. The van der Waals surface area contributed by atoms with Crippen LogP contribution >= 0.6 is 0 Å². The van der Waals surface area contributed by atoms with Crippen molar-refractivity contribution in [2.24, 2.45) is 5.73 Å². The molecule has 0 bridgehead atoms. The Hall–Kier alpha value is -1.46. The third-order valence-electron chi connectivity index (χ3n) is 2.18. The van der Waals surface area contributed by atoms with E-state index >= 15 is 0 Å². The Morgan fingerprint density at radius 2 is 1.82 bits per heavy atom. The summed E-state index contributed by atoms with van der Waals surface area (Å²) < 4.78 is 10.4. The number of amides is 1. The minimum atomic E-state index is -0.215. The molecule has 0 radical (unpaired) electrons. The molecule has 1 rings (SSSR count). The summed E-state index contributed by atoms with van der Waals surface area (Å²) in [5.74, 6) is 1.14. The SMILES string of the molecule is COc1cccc(OC)c1CNC(=O)CN.[Cl-]. The van der Waals surface area contributed by atoms with Crippen molar-refractivity contribution >= 4 is 5.91 Å². The highest BCUT2D eigenvalue weighted by Crippen LogP contribution is 2.27. The summed E-state index contributed by atoms with van der Waals surface area (Å²) in [6, 6.07) is 5.45. The molecule has 0 heterocycles. The Balaban J connectivity index is 0.00000256. The number of ether oxygens (including phenoxy) is 2. The molecule has 1 aromatic rings. The second kappa shape index (κ2) is 7.76. The largest absolute Gasteiger partial charge is 1.00 e. The summed E-state index contributed by atoms with van der Waals surface area (Å²) in [5.41, 5.74) is 6.00. The fourth-order valence-electron chi connectivity index (χ4n) is 1.36. The molecule has 3 N–H and O–H groups in total. The van der Waals surface area contributed by atoms with E-state index in [-0.39, 0.29) is 24.9 Å². The molecule has 96 valence electrons. The average Bonchev–Trinajstić information content (AvgIpc) is 2.35. The zero-order valence-corrected chi connectivity index (χ0v) is 10.6. The highest BCUT2D eigenvalue weighted by molar-refractivity contribution is 5.77. The molecule has 0 atom stereocenters. The highest BCUT2D eigenvalue weighted by Gasteiger charge is 2.10. The molecule has 0 fully saturated rings. The minimum Gasteiger partial charge on any atom is -1.00 e. The van der Waals surface area contributed by atoms with E-state index < -0.39 is 0 Å². The van der Waals surface area contributed by atoms with Crippen LogP contribution in [0.1, 0.15) is 5.56 Å². The number of hydrogen-bond donors (Lipinski definition) is 2. The van der Waals surface area contributed by atoms with Gasteiger partial charge in [-0.1, -0.05) is 6.07 Å². The summed E-state index contributed by atoms with van der Waals surface area (Å²) in [6.45, 7) is 0.306. The second-order valence-electron chi connectivity index (χ2n) is 3.12. The van der Waals surface area contributed by atoms with Gasteiger partial charge in [-0.05, 0) is 12.1 Å². The Kier molecular flexibility index (Phi) is 7.09. The van der Waals surface area contributed by atoms with Crippen LogP contribution < -0.4 is 32.9 Å². The number of nitrogens with two attached hydrogens (primary N) is 1. The lowest BCUT2D eigenvalue weighted by atomic mass is 10.1. The number of nitrogens with one attached hydrogen (secondary N) is 1. The van der Waals surface area contributed by atoms with Gasteiger partial charge in [0.05, 0.1) is 32.9 Å². The van der Waals surface area contributed by atoms with Crippen LogP contribution in [0.5, 0.6) is 11.5 Å². The van der Waals surface area contributed by atoms with Crippen LogP contribution in [-0.4, -0.2) is 26.7 Å². The van der Waals surface area contributed by atoms with Crippen LogP contribution in [-0.2, 0) is 11.3 Å². The van der Waals surface area contributed by atoms with Crippen molar-refractivity contribution in [1.29, 1.82) is 0 Å². The summed E-state index contributed by atoms with van der Waals surface area (Å²) in [5, 5.41) is 2.67. The van der Waals surface area contributed by atoms with Gasteiger partial charge in [0.25, 0.3) is 0 Å². The third-order valence-corrected chi connectivity index (χ3v) is 2.18. The number of carbonyl (C=O) groups excluding carboxylic acids is 1. The van der Waals surface area contributed by atoms with Gasteiger partial charge in [-0.2, -0.15) is 0 Å². The van der Waals surface area contributed by atoms with E-state index in [0.717, 1.165) is 5.56 Å². The van der Waals surface area contributed by atoms with Gasteiger partial charge in [-0.15, -0.1) is 0 Å². The molecule has 0 aliphatic heterocycles. The number of halogens is 1. The third kappa shape index (κ3) is 4.13. The zero-order valence-electron chi connectivity index (χ0n) is 9.83. The fourth-order valence-corrected chi connectivity index (χ4v) is 1.36. The second-order valence-corrected chi connectivity index (χ2v) is 3.12. The van der Waals surface area contributed by atoms with E-state index in [1.165, 1.54) is 0 Å². The van der Waals surface area contributed by atoms with Gasteiger partial charge in [0.2, 0.25) is 5.91 Å². The van der Waals surface area contributed by atoms with Crippen molar-refractivity contribution in [1.82, 2.24) is 5.32 Å². The maximum absolute atomic E-state index is 11.1. The molecule has 6 heteroatoms. The Morgan fingerprint density at radius 1 is 1.29 bits per heavy atom. The van der Waals surface area contributed by atoms with Crippen molar-refractivity contribution in [2.45, 2.75) is 6.54 Å². The van der Waals surface area contributed by atoms with E-state index in [1.54, 1.807) is 14.2 Å². The molecule has 0 unspecified atom stereocenters. The first-order chi connectivity index (χ1) is 7.72. The zero-order chi connectivity index (χ0) is 12.0. The number of benzene rings is 1. The van der Waals surface area contributed by atoms with Crippen LogP contribution in [0.15, 0.2) is 18.2 Å². The van der Waals surface area contributed by atoms with Crippen LogP contribution in [0, 0.1) is 0 Å². The molecule has 0 saturated carbocycles. The van der Waals surface area contributed by atoms with Gasteiger partial charge in [-0.25, -0.2) is 0 Å². The quantitative estimate of drug-likeness (QED) is 0.603. The standard InChI is InChI=1S/C11H16N2O3.ClH/c1-15-9-4-3-5-10(16-2)8(9)7-13-11(14)6-12;/h3-5H,6-7,12H2,1-2H3,(H,13,14);1H/p-1. The molecule has 0 saturated heterocycles. The number of rotatable bonds is 5. The molecule has 0 aliphatic rings. The van der Waals surface area contributed by atoms with E-state index in [1.807, 2.05) is 18.2 Å². The predicted octanol–water partition coefficient (Wildman–Crippen LogP) is -2.72. The lowest BCUT2D eigenvalue weighted by molar-refractivity contribution is -0.119. The van der Waals surface area contributed by atoms with Gasteiger partial charge in [0, 0.05) is 0 Å². The maximum atomic E-state index is 11.1. The molecule has 0 aromatic heterocycles. The molecule has 5 nitrogen and oxygen atoms in total. The van der Waals surface area contributed by atoms with E-state index in [4.69, 9.17) is 15.2 Å². The Morgan fingerprint density at radius 3 is 2.24 bits per heavy atom. The highest BCUT2D eigenvalue weighted by atomic mass is 35.5. The maximum Gasteiger partial charge on any atom is 0.234 e. The monoisotopic (exact) mass is 259 g/mol. The van der Waals surface area contributed by atoms with Crippen LogP contribution in [0.4, 0.5) is 0 Å². The first-order valence-electron chi connectivity index (χ1n) is 4.89. The average molecular weight is 260 g/mol. The minimum absolute atomic E-state index is 0. The van der Waals surface area contributed by atoms with Gasteiger partial charge < -0.3 is 32.9 Å². The van der Waals surface area contributed by atoms with E-state index in [2.05, 4.69) is 5.32 Å². The molecule has 0 spiro atoms. The lowest BCUT2D eigenvalue weighted by Crippen LogP contribution is -3.00. The van der Waals surface area contributed by atoms with Crippen LogP contribution in [0.25, 0.3) is 0 Å². The molecule has 0 aliphatic carbocycles. The smallest absolute Gasteiger partial charge is 0.234 e. The van der Waals surface area contributed by atoms with Gasteiger partial charge in [-0.3, -0.25) is 4.79 Å². The number of methoxy groups -OCH3 is 2. The predicted molar refractivity (Wildman–Crippen MR) is 60.4 cm³/mol. The Labute approximate surface area is 107 Å². The lowest BCUT2D eigenvalue weighted by Gasteiger charge is -2.13. The first kappa shape index (κ1) is 15.5. The van der Waals surface area contributed by atoms with Gasteiger partial charge >= 0.3 is 0 Å². The van der Waals surface area contributed by atoms with Crippen molar-refractivity contribution in [3.05, 3.63) is 23.8 Å². The first-order valence-corrected chi connectivity index (χ1v) is 4.89. The summed E-state index contributed by atoms with van der Waals surface area (Å²) >= 11 is 0. The van der Waals surface area contributed by atoms with E-state index in [0.29, 0.717) is 18.0 Å². The fraction of sp³-hybridized carbons (Fsp3) is 0.364. The summed E-state index contributed by atoms with van der Waals surface area (Å²) in [6.07, 6.45) is 0. The summed E-state index contributed by atoms with van der Waals surface area (Å²) in [4.78, 5) is 11.1. The van der Waals surface area contributed by atoms with E-state index in [9.17, 15) is 4.79 Å². The molecule has 1 aromatic carbocycles. The number of hydrogen-bond acceptors (Lipinski definition) is 4. The van der Waals surface area contributed by atoms with Gasteiger partial charge in [0.1, 0.15) is 11.5 Å². The van der Waals surface area contributed by atoms with Crippen molar-refractivity contribution in [3.8, 4) is 11.5 Å². The summed E-state index contributed by atoms with van der Waals surface area (Å²) in [7, 11) is 3.14.